The van der Waals surface area contributed by atoms with Crippen LogP contribution in [0.3, 0.4) is 0 Å². The third kappa shape index (κ3) is 24.4. The molecular weight excluding hydrogens is 986 g/mol. The van der Waals surface area contributed by atoms with E-state index in [0.717, 1.165) is 127 Å². The minimum absolute atomic E-state index is 0.0532. The Kier molecular flexibility index (Phi) is 30.7. The van der Waals surface area contributed by atoms with Crippen LogP contribution in [-0.4, -0.2) is 167 Å². The van der Waals surface area contributed by atoms with Crippen molar-refractivity contribution in [3.63, 3.8) is 0 Å². The van der Waals surface area contributed by atoms with E-state index in [1.165, 1.54) is 31.5 Å². The van der Waals surface area contributed by atoms with Gasteiger partial charge < -0.3 is 54.8 Å². The fourth-order valence-corrected chi connectivity index (χ4v) is 10.8. The normalized spacial score (nSPS) is 26.8. The molecule has 0 spiro atoms. The molecule has 8 rings (SSSR count). The topological polar surface area (TPSA) is 203 Å². The quantitative estimate of drug-likeness (QED) is 0.0862. The average Bonchev–Trinajstić information content (AvgIpc) is 3.99. The molecule has 0 aromatic carbocycles. The molecule has 5 heterocycles. The van der Waals surface area contributed by atoms with Crippen molar-refractivity contribution in [2.75, 3.05) is 80.7 Å². The number of nitrogens with zero attached hydrogens (tertiary/aromatic N) is 4. The van der Waals surface area contributed by atoms with Crippen LogP contribution < -0.4 is 21.3 Å². The zero-order valence-electron chi connectivity index (χ0n) is 45.7. The van der Waals surface area contributed by atoms with Gasteiger partial charge in [0.05, 0.1) is 37.7 Å². The molecule has 428 valence electrons. The Morgan fingerprint density at radius 2 is 1.64 bits per heavy atom. The van der Waals surface area contributed by atoms with Crippen LogP contribution in [0, 0.1) is 23.1 Å². The number of pyridine rings is 2. The van der Waals surface area contributed by atoms with Crippen molar-refractivity contribution in [1.82, 2.24) is 41.0 Å². The number of fused-ring (bicyclic) bond motifs is 1. The third-order valence-corrected chi connectivity index (χ3v) is 15.2. The third-order valence-electron chi connectivity index (χ3n) is 15.2. The predicted octanol–water partition coefficient (Wildman–Crippen LogP) is 6.22. The molecule has 3 aliphatic carbocycles. The van der Waals surface area contributed by atoms with Gasteiger partial charge in [0, 0.05) is 127 Å². The van der Waals surface area contributed by atoms with E-state index in [1.807, 2.05) is 25.2 Å². The van der Waals surface area contributed by atoms with Gasteiger partial charge in [-0.2, -0.15) is 0 Å². The largest absolute Gasteiger partial charge is 0.379 e. The van der Waals surface area contributed by atoms with Crippen LogP contribution in [-0.2, 0) is 55.9 Å². The SMILES string of the molecule is CN1CC(C=O)CC1=O.CNCCOC1CCC(OCCCC(=O)NC2CCC(C(=O)NCCCC3(C)CCC(NC4CCOCC4OC)C3)CC2)CC1.FCF.O=CN1CCc2ncc(F)cc2C1.c1ccncc1. The van der Waals surface area contributed by atoms with Crippen LogP contribution in [0.1, 0.15) is 127 Å². The minimum Gasteiger partial charge on any atom is -0.379 e. The lowest BCUT2D eigenvalue weighted by Gasteiger charge is -2.34. The van der Waals surface area contributed by atoms with Gasteiger partial charge in [0.25, 0.3) is 0 Å². The summed E-state index contributed by atoms with van der Waals surface area (Å²) < 4.78 is 55.2. The van der Waals surface area contributed by atoms with E-state index < -0.39 is 6.93 Å². The lowest BCUT2D eigenvalue weighted by Crippen LogP contribution is -2.50. The number of aromatic nitrogens is 2. The summed E-state index contributed by atoms with van der Waals surface area (Å²) in [5, 5.41) is 13.4. The number of halogens is 3. The van der Waals surface area contributed by atoms with Crippen LogP contribution >= 0.6 is 0 Å². The minimum atomic E-state index is -1.75. The van der Waals surface area contributed by atoms with Crippen molar-refractivity contribution in [3.8, 4) is 0 Å². The average molecular weight is 1080 g/mol. The summed E-state index contributed by atoms with van der Waals surface area (Å²) in [7, 11) is 5.44. The highest BCUT2D eigenvalue weighted by molar-refractivity contribution is 5.82. The molecule has 5 unspecified atom stereocenters. The molecule has 76 heavy (non-hydrogen) atoms. The van der Waals surface area contributed by atoms with Crippen LogP contribution in [0.25, 0.3) is 0 Å². The Labute approximate surface area is 449 Å². The lowest BCUT2D eigenvalue weighted by molar-refractivity contribution is -0.127. The van der Waals surface area contributed by atoms with Gasteiger partial charge in [0.2, 0.25) is 31.1 Å². The number of hydrogen-bond acceptors (Lipinski definition) is 13. The van der Waals surface area contributed by atoms with Crippen molar-refractivity contribution in [3.05, 3.63) is 59.9 Å². The molecule has 0 bridgehead atoms. The lowest BCUT2D eigenvalue weighted by atomic mass is 9.83. The molecule has 3 aliphatic heterocycles. The molecule has 5 fully saturated rings. The fourth-order valence-electron chi connectivity index (χ4n) is 10.8. The van der Waals surface area contributed by atoms with Crippen LogP contribution in [0.2, 0.25) is 0 Å². The van der Waals surface area contributed by atoms with E-state index in [0.29, 0.717) is 81.8 Å². The van der Waals surface area contributed by atoms with E-state index >= 15 is 0 Å². The van der Waals surface area contributed by atoms with Gasteiger partial charge in [0.15, 0.2) is 0 Å². The highest BCUT2D eigenvalue weighted by Gasteiger charge is 2.37. The maximum Gasteiger partial charge on any atom is 0.229 e. The molecule has 2 aromatic heterocycles. The summed E-state index contributed by atoms with van der Waals surface area (Å²) in [6, 6.07) is 8.27. The first kappa shape index (κ1) is 63.9. The van der Waals surface area contributed by atoms with E-state index in [2.05, 4.69) is 38.2 Å². The Bertz CT molecular complexity index is 1930. The molecular formula is C56H89F3N8O9. The number of ether oxygens (including phenoxy) is 4. The predicted molar refractivity (Wildman–Crippen MR) is 284 cm³/mol. The Morgan fingerprint density at radius 3 is 2.24 bits per heavy atom. The fraction of sp³-hybridized carbons (Fsp3) is 0.732. The van der Waals surface area contributed by atoms with Gasteiger partial charge in [-0.1, -0.05) is 13.0 Å². The number of methoxy groups -OCH3 is 1. The summed E-state index contributed by atoms with van der Waals surface area (Å²) in [6.45, 7) is 6.95. The number of carbonyl (C=O) groups excluding carboxylic acids is 5. The molecule has 6 aliphatic rings. The number of carbonyl (C=O) groups is 5. The first-order valence-corrected chi connectivity index (χ1v) is 27.6. The van der Waals surface area contributed by atoms with Crippen LogP contribution in [0.5, 0.6) is 0 Å². The van der Waals surface area contributed by atoms with Crippen molar-refractivity contribution < 1.29 is 56.1 Å². The van der Waals surface area contributed by atoms with Crippen LogP contribution in [0.15, 0.2) is 42.9 Å². The van der Waals surface area contributed by atoms with Gasteiger partial charge in [-0.05, 0) is 133 Å². The van der Waals surface area contributed by atoms with Crippen molar-refractivity contribution in [1.29, 1.82) is 0 Å². The molecule has 4 amide bonds. The van der Waals surface area contributed by atoms with Gasteiger partial charge >= 0.3 is 0 Å². The van der Waals surface area contributed by atoms with Crippen molar-refractivity contribution >= 4 is 30.4 Å². The number of nitrogens with one attached hydrogen (secondary N) is 4. The summed E-state index contributed by atoms with van der Waals surface area (Å²) >= 11 is 0. The second-order valence-corrected chi connectivity index (χ2v) is 21.1. The van der Waals surface area contributed by atoms with E-state index in [-0.39, 0.29) is 47.5 Å². The Hall–Kier alpha value is -4.60. The summed E-state index contributed by atoms with van der Waals surface area (Å²) in [5.41, 5.74) is 2.05. The molecule has 4 N–H and O–H groups in total. The highest BCUT2D eigenvalue weighted by atomic mass is 19.3. The Balaban J connectivity index is 0.000000319. The maximum atomic E-state index is 12.9. The van der Waals surface area contributed by atoms with Gasteiger partial charge in [-0.15, -0.1) is 0 Å². The summed E-state index contributed by atoms with van der Waals surface area (Å²) in [4.78, 5) is 67.6. The first-order valence-electron chi connectivity index (χ1n) is 27.6. The zero-order chi connectivity index (χ0) is 55.0. The monoisotopic (exact) mass is 1070 g/mol. The van der Waals surface area contributed by atoms with Gasteiger partial charge in [0.1, 0.15) is 12.1 Å². The molecule has 0 radical (unpaired) electrons. The Morgan fingerprint density at radius 1 is 0.934 bits per heavy atom. The summed E-state index contributed by atoms with van der Waals surface area (Å²) in [5.74, 6) is 0.0503. The number of likely N-dealkylation sites (tertiary alicyclic amines) is 1. The van der Waals surface area contributed by atoms with Crippen molar-refractivity contribution in [2.24, 2.45) is 17.3 Å². The second-order valence-electron chi connectivity index (χ2n) is 21.1. The van der Waals surface area contributed by atoms with E-state index in [4.69, 9.17) is 18.9 Å². The van der Waals surface area contributed by atoms with Crippen molar-refractivity contribution in [2.45, 2.75) is 165 Å². The zero-order valence-corrected chi connectivity index (χ0v) is 45.7. The van der Waals surface area contributed by atoms with Crippen LogP contribution in [0.4, 0.5) is 13.2 Å². The number of likely N-dealkylation sites (N-methyl/N-ethyl adjacent to an activating group) is 1. The highest BCUT2D eigenvalue weighted by Crippen LogP contribution is 2.42. The van der Waals surface area contributed by atoms with E-state index in [9.17, 15) is 37.1 Å². The maximum absolute atomic E-state index is 12.9. The summed E-state index contributed by atoms with van der Waals surface area (Å²) in [6.07, 6.45) is 24.0. The van der Waals surface area contributed by atoms with Gasteiger partial charge in [-0.25, -0.2) is 13.2 Å². The molecule has 5 atom stereocenters. The number of aldehydes is 1. The molecule has 17 nitrogen and oxygen atoms in total. The molecule has 2 aromatic rings. The number of hydrogen-bond donors (Lipinski definition) is 4. The molecule has 3 saturated carbocycles. The standard InChI is InChI=1S/C35H64N4O6.C9H9FN2O.C6H9NO2.C5H5N.CH2F2/c1-35(18-15-28(24-35)38-31-16-22-43-25-32(31)42-3)17-5-19-37-34(41)26-7-9-27(10-8-26)39-33(40)6-4-21-44-29-11-13-30(14-12-29)45-23-20-36-2;10-8-3-7-5-12(6-13)2-1-9(7)11-4-8;1-7-3-5(4-8)2-6(7)9;1-2-4-6-5-3-1;2-1-3/h26-32,36,38H,4-25H2,1-3H3,(H,37,41)(H,39,40);3-4,6H,1-2,5H2;4-5H,2-3H2,1H3;1-5H;1H2. The molecule has 20 heteroatoms. The smallest absolute Gasteiger partial charge is 0.229 e. The van der Waals surface area contributed by atoms with E-state index in [1.54, 1.807) is 36.4 Å². The number of alkyl halides is 2. The molecule has 2 saturated heterocycles. The second kappa shape index (κ2) is 36.5. The first-order chi connectivity index (χ1) is 36.8. The number of rotatable bonds is 20. The number of amides is 4. The van der Waals surface area contributed by atoms with Gasteiger partial charge in [-0.3, -0.25) is 29.1 Å².